The molecule has 1 aliphatic rings. The Morgan fingerprint density at radius 3 is 2.73 bits per heavy atom. The van der Waals surface area contributed by atoms with Gasteiger partial charge in [0.05, 0.1) is 0 Å². The van der Waals surface area contributed by atoms with Gasteiger partial charge in [-0.2, -0.15) is 0 Å². The number of aliphatic hydroxyl groups is 1. The number of H-pyrrole nitrogens is 1. The third-order valence-corrected chi connectivity index (χ3v) is 4.45. The molecular weight excluding hydrogens is 278 g/mol. The van der Waals surface area contributed by atoms with Crippen molar-refractivity contribution in [3.63, 3.8) is 0 Å². The van der Waals surface area contributed by atoms with Crippen LogP contribution in [-0.2, 0) is 16.0 Å². The number of aliphatic hydroxyl groups excluding tert-OH is 1. The summed E-state index contributed by atoms with van der Waals surface area (Å²) in [5, 5.41) is 11.2. The van der Waals surface area contributed by atoms with Crippen LogP contribution in [0.25, 0.3) is 10.9 Å². The molecule has 1 atom stereocenters. The van der Waals surface area contributed by atoms with Crippen molar-refractivity contribution < 1.29 is 14.6 Å². The molecule has 1 fully saturated rings. The maximum Gasteiger partial charge on any atom is 0.335 e. The Labute approximate surface area is 130 Å². The van der Waals surface area contributed by atoms with Gasteiger partial charge in [-0.15, -0.1) is 0 Å². The first kappa shape index (κ1) is 15.1. The molecule has 118 valence electrons. The van der Waals surface area contributed by atoms with Crippen LogP contribution in [0.1, 0.15) is 44.1 Å². The van der Waals surface area contributed by atoms with Gasteiger partial charge in [0.25, 0.3) is 0 Å². The zero-order chi connectivity index (χ0) is 15.4. The number of esters is 1. The Kier molecular flexibility index (Phi) is 4.78. The van der Waals surface area contributed by atoms with E-state index in [1.54, 1.807) is 0 Å². The maximum atomic E-state index is 12.1. The number of carbonyl (C=O) groups is 1. The van der Waals surface area contributed by atoms with Crippen LogP contribution in [0.2, 0.25) is 0 Å². The molecule has 1 heterocycles. The summed E-state index contributed by atoms with van der Waals surface area (Å²) in [7, 11) is 0. The molecule has 1 aliphatic carbocycles. The molecule has 3 rings (SSSR count). The van der Waals surface area contributed by atoms with Crippen molar-refractivity contribution in [2.45, 2.75) is 57.2 Å². The van der Waals surface area contributed by atoms with Gasteiger partial charge in [-0.25, -0.2) is 4.79 Å². The monoisotopic (exact) mass is 301 g/mol. The number of ether oxygens (including phenoxy) is 1. The lowest BCUT2D eigenvalue weighted by Crippen LogP contribution is -2.29. The Bertz CT molecular complexity index is 626. The second-order valence-electron chi connectivity index (χ2n) is 6.13. The average molecular weight is 301 g/mol. The van der Waals surface area contributed by atoms with Crippen LogP contribution >= 0.6 is 0 Å². The lowest BCUT2D eigenvalue weighted by Gasteiger charge is -2.18. The molecule has 1 saturated carbocycles. The second kappa shape index (κ2) is 6.97. The van der Waals surface area contributed by atoms with Crippen LogP contribution in [-0.4, -0.2) is 28.3 Å². The van der Waals surface area contributed by atoms with Crippen LogP contribution in [0.4, 0.5) is 0 Å². The number of benzene rings is 1. The first-order chi connectivity index (χ1) is 10.7. The predicted octanol–water partition coefficient (Wildman–Crippen LogP) is 3.34. The molecule has 0 amide bonds. The summed E-state index contributed by atoms with van der Waals surface area (Å²) >= 11 is 0. The second-order valence-corrected chi connectivity index (χ2v) is 6.13. The fourth-order valence-corrected chi connectivity index (χ4v) is 3.19. The molecule has 22 heavy (non-hydrogen) atoms. The minimum absolute atomic E-state index is 0.0207. The van der Waals surface area contributed by atoms with Crippen LogP contribution < -0.4 is 0 Å². The van der Waals surface area contributed by atoms with Crippen molar-refractivity contribution in [1.29, 1.82) is 0 Å². The molecule has 1 unspecified atom stereocenters. The van der Waals surface area contributed by atoms with E-state index < -0.39 is 12.1 Å². The van der Waals surface area contributed by atoms with Gasteiger partial charge in [-0.1, -0.05) is 31.0 Å². The van der Waals surface area contributed by atoms with Crippen LogP contribution in [0.3, 0.4) is 0 Å². The minimum Gasteiger partial charge on any atom is -0.460 e. The van der Waals surface area contributed by atoms with Gasteiger partial charge in [0.2, 0.25) is 0 Å². The number of rotatable bonds is 4. The van der Waals surface area contributed by atoms with Crippen molar-refractivity contribution in [3.05, 3.63) is 36.0 Å². The van der Waals surface area contributed by atoms with E-state index in [4.69, 9.17) is 4.74 Å². The molecule has 0 bridgehead atoms. The maximum absolute atomic E-state index is 12.1. The van der Waals surface area contributed by atoms with Gasteiger partial charge in [-0.3, -0.25) is 0 Å². The molecule has 0 aliphatic heterocycles. The highest BCUT2D eigenvalue weighted by Gasteiger charge is 2.23. The summed E-state index contributed by atoms with van der Waals surface area (Å²) in [6, 6.07) is 7.88. The third kappa shape index (κ3) is 3.50. The van der Waals surface area contributed by atoms with Crippen molar-refractivity contribution >= 4 is 16.9 Å². The Morgan fingerprint density at radius 1 is 1.23 bits per heavy atom. The van der Waals surface area contributed by atoms with Crippen molar-refractivity contribution in [2.75, 3.05) is 0 Å². The van der Waals surface area contributed by atoms with E-state index in [1.807, 2.05) is 30.5 Å². The van der Waals surface area contributed by atoms with E-state index in [2.05, 4.69) is 4.98 Å². The predicted molar refractivity (Wildman–Crippen MR) is 85.6 cm³/mol. The van der Waals surface area contributed by atoms with E-state index in [9.17, 15) is 9.90 Å². The minimum atomic E-state index is -1.09. The summed E-state index contributed by atoms with van der Waals surface area (Å²) in [4.78, 5) is 15.3. The molecule has 0 radical (unpaired) electrons. The van der Waals surface area contributed by atoms with Gasteiger partial charge < -0.3 is 14.8 Å². The lowest BCUT2D eigenvalue weighted by atomic mass is 10.1. The largest absolute Gasteiger partial charge is 0.460 e. The topological polar surface area (TPSA) is 62.3 Å². The van der Waals surface area contributed by atoms with Crippen LogP contribution in [0.5, 0.6) is 0 Å². The molecule has 2 aromatic rings. The number of aromatic nitrogens is 1. The number of fused-ring (bicyclic) bond motifs is 1. The van der Waals surface area contributed by atoms with Crippen LogP contribution in [0.15, 0.2) is 30.5 Å². The highest BCUT2D eigenvalue weighted by atomic mass is 16.6. The third-order valence-electron chi connectivity index (χ3n) is 4.45. The number of para-hydroxylation sites is 1. The molecule has 0 spiro atoms. The summed E-state index contributed by atoms with van der Waals surface area (Å²) in [6.07, 6.45) is 7.51. The highest BCUT2D eigenvalue weighted by molar-refractivity contribution is 5.84. The van der Waals surface area contributed by atoms with Crippen molar-refractivity contribution in [1.82, 2.24) is 4.98 Å². The van der Waals surface area contributed by atoms with Gasteiger partial charge in [0, 0.05) is 23.5 Å². The first-order valence-electron chi connectivity index (χ1n) is 8.17. The van der Waals surface area contributed by atoms with Gasteiger partial charge >= 0.3 is 5.97 Å². The van der Waals surface area contributed by atoms with Gasteiger partial charge in [0.15, 0.2) is 6.10 Å². The molecule has 4 heteroatoms. The molecule has 0 saturated heterocycles. The number of hydrogen-bond donors (Lipinski definition) is 2. The summed E-state index contributed by atoms with van der Waals surface area (Å²) in [6.45, 7) is 0. The van der Waals surface area contributed by atoms with Crippen LogP contribution in [0, 0.1) is 0 Å². The lowest BCUT2D eigenvalue weighted by molar-refractivity contribution is -0.159. The highest BCUT2D eigenvalue weighted by Crippen LogP contribution is 2.22. The smallest absolute Gasteiger partial charge is 0.335 e. The standard InChI is InChI=1S/C18H23NO3/c20-17(18(21)22-14-7-3-1-2-4-8-14)11-13-12-19-16-10-6-5-9-15(13)16/h5-6,9-10,12,14,17,19-20H,1-4,7-8,11H2. The summed E-state index contributed by atoms with van der Waals surface area (Å²) < 4.78 is 5.49. The SMILES string of the molecule is O=C(OC1CCCCCC1)C(O)Cc1c[nH]c2ccccc12. The van der Waals surface area contributed by atoms with Gasteiger partial charge in [0.1, 0.15) is 6.10 Å². The number of nitrogens with one attached hydrogen (secondary N) is 1. The Balaban J connectivity index is 1.61. The fourth-order valence-electron chi connectivity index (χ4n) is 3.19. The fraction of sp³-hybridized carbons (Fsp3) is 0.500. The number of carbonyl (C=O) groups excluding carboxylic acids is 1. The van der Waals surface area contributed by atoms with E-state index in [0.29, 0.717) is 0 Å². The zero-order valence-electron chi connectivity index (χ0n) is 12.8. The zero-order valence-corrected chi connectivity index (χ0v) is 12.8. The summed E-state index contributed by atoms with van der Waals surface area (Å²) in [5.74, 6) is -0.489. The Morgan fingerprint density at radius 2 is 1.95 bits per heavy atom. The molecule has 1 aromatic carbocycles. The molecule has 2 N–H and O–H groups in total. The first-order valence-corrected chi connectivity index (χ1v) is 8.17. The quantitative estimate of drug-likeness (QED) is 0.672. The molecular formula is C18H23NO3. The van der Waals surface area contributed by atoms with E-state index >= 15 is 0 Å². The molecule has 4 nitrogen and oxygen atoms in total. The van der Waals surface area contributed by atoms with E-state index in [1.165, 1.54) is 12.8 Å². The van der Waals surface area contributed by atoms with E-state index in [0.717, 1.165) is 42.1 Å². The van der Waals surface area contributed by atoms with Crippen molar-refractivity contribution in [3.8, 4) is 0 Å². The van der Waals surface area contributed by atoms with Crippen molar-refractivity contribution in [2.24, 2.45) is 0 Å². The normalized spacial score (nSPS) is 18.0. The average Bonchev–Trinajstić information content (AvgIpc) is 2.75. The van der Waals surface area contributed by atoms with E-state index in [-0.39, 0.29) is 12.5 Å². The Hall–Kier alpha value is -1.81. The molecule has 1 aromatic heterocycles. The number of hydrogen-bond acceptors (Lipinski definition) is 3. The summed E-state index contributed by atoms with van der Waals surface area (Å²) in [5.41, 5.74) is 1.96. The number of aromatic amines is 1. The van der Waals surface area contributed by atoms with Gasteiger partial charge in [-0.05, 0) is 37.3 Å².